The second-order valence-electron chi connectivity index (χ2n) is 9.91. The lowest BCUT2D eigenvalue weighted by Crippen LogP contribution is -2.44. The van der Waals surface area contributed by atoms with Crippen LogP contribution in [0.25, 0.3) is 5.57 Å². The third-order valence-corrected chi connectivity index (χ3v) is 7.62. The predicted molar refractivity (Wildman–Crippen MR) is 142 cm³/mol. The molecule has 1 unspecified atom stereocenters. The van der Waals surface area contributed by atoms with Crippen molar-refractivity contribution >= 4 is 11.5 Å². The highest BCUT2D eigenvalue weighted by Crippen LogP contribution is 2.37. The number of aliphatic hydroxyl groups excluding tert-OH is 1. The van der Waals surface area contributed by atoms with Crippen LogP contribution in [0.1, 0.15) is 38.7 Å². The molecule has 1 aromatic rings. The molecule has 1 fully saturated rings. The minimum absolute atomic E-state index is 0.0416. The van der Waals surface area contributed by atoms with Crippen molar-refractivity contribution in [2.45, 2.75) is 39.2 Å². The summed E-state index contributed by atoms with van der Waals surface area (Å²) in [7, 11) is 5.33. The molecule has 7 heteroatoms. The molecular formula is C29H39N3O4. The molecule has 1 aromatic carbocycles. The van der Waals surface area contributed by atoms with Crippen LogP contribution in [0.15, 0.2) is 59.6 Å². The second-order valence-corrected chi connectivity index (χ2v) is 9.91. The zero-order valence-electron chi connectivity index (χ0n) is 22.2. The molecule has 0 bridgehead atoms. The smallest absolute Gasteiger partial charge is 0.255 e. The Morgan fingerprint density at radius 3 is 2.50 bits per heavy atom. The molecule has 3 aliphatic heterocycles. The molecule has 36 heavy (non-hydrogen) atoms. The van der Waals surface area contributed by atoms with E-state index in [1.165, 1.54) is 0 Å². The first-order chi connectivity index (χ1) is 17.4. The van der Waals surface area contributed by atoms with Crippen LogP contribution in [0.3, 0.4) is 0 Å². The molecule has 1 amide bonds. The van der Waals surface area contributed by atoms with Crippen molar-refractivity contribution in [3.05, 3.63) is 65.2 Å². The average Bonchev–Trinajstić information content (AvgIpc) is 2.89. The number of allylic oxidation sites excluding steroid dienone is 4. The number of hydrogen-bond donors (Lipinski definition) is 1. The molecule has 3 aliphatic rings. The molecule has 3 heterocycles. The molecular weight excluding hydrogens is 454 g/mol. The van der Waals surface area contributed by atoms with Gasteiger partial charge < -0.3 is 24.4 Å². The number of rotatable bonds is 7. The second kappa shape index (κ2) is 11.4. The topological polar surface area (TPSA) is 65.5 Å². The van der Waals surface area contributed by atoms with Gasteiger partial charge in [0.15, 0.2) is 11.5 Å². The Labute approximate surface area is 215 Å². The summed E-state index contributed by atoms with van der Waals surface area (Å²) in [5.74, 6) is 1.46. The van der Waals surface area contributed by atoms with Gasteiger partial charge in [0.1, 0.15) is 0 Å². The Morgan fingerprint density at radius 1 is 1.11 bits per heavy atom. The molecule has 0 saturated carbocycles. The summed E-state index contributed by atoms with van der Waals surface area (Å²) in [5.41, 5.74) is 5.11. The summed E-state index contributed by atoms with van der Waals surface area (Å²) in [6.07, 6.45) is 11.1. The number of fused-ring (bicyclic) bond motifs is 1. The van der Waals surface area contributed by atoms with Gasteiger partial charge in [0, 0.05) is 43.6 Å². The molecule has 4 rings (SSSR count). The summed E-state index contributed by atoms with van der Waals surface area (Å²) >= 11 is 0. The van der Waals surface area contributed by atoms with E-state index in [0.29, 0.717) is 24.1 Å². The van der Waals surface area contributed by atoms with Crippen LogP contribution in [-0.2, 0) is 4.79 Å². The zero-order valence-corrected chi connectivity index (χ0v) is 22.2. The van der Waals surface area contributed by atoms with E-state index < -0.39 is 0 Å². The van der Waals surface area contributed by atoms with Gasteiger partial charge in [-0.2, -0.15) is 0 Å². The third kappa shape index (κ3) is 5.37. The summed E-state index contributed by atoms with van der Waals surface area (Å²) in [4.78, 5) is 20.1. The van der Waals surface area contributed by atoms with E-state index in [-0.39, 0.29) is 18.4 Å². The van der Waals surface area contributed by atoms with E-state index in [4.69, 9.17) is 9.47 Å². The number of methoxy groups -OCH3 is 2. The molecule has 194 valence electrons. The maximum absolute atomic E-state index is 13.6. The fraction of sp³-hybridized carbons (Fsp3) is 0.483. The number of aliphatic hydroxyl groups is 1. The van der Waals surface area contributed by atoms with Crippen molar-refractivity contribution in [3.8, 4) is 11.5 Å². The van der Waals surface area contributed by atoms with E-state index >= 15 is 0 Å². The van der Waals surface area contributed by atoms with Gasteiger partial charge >= 0.3 is 0 Å². The zero-order chi connectivity index (χ0) is 25.8. The van der Waals surface area contributed by atoms with E-state index in [1.54, 1.807) is 25.2 Å². The van der Waals surface area contributed by atoms with Crippen molar-refractivity contribution in [3.63, 3.8) is 0 Å². The number of likely N-dealkylation sites (tertiary alicyclic amines) is 1. The molecule has 0 spiro atoms. The highest BCUT2D eigenvalue weighted by atomic mass is 16.5. The number of carbonyl (C=O) groups excluding carboxylic acids is 1. The lowest BCUT2D eigenvalue weighted by atomic mass is 9.88. The van der Waals surface area contributed by atoms with E-state index in [2.05, 4.69) is 42.8 Å². The Kier molecular flexibility index (Phi) is 8.21. The molecule has 1 atom stereocenters. The minimum Gasteiger partial charge on any atom is -0.493 e. The van der Waals surface area contributed by atoms with E-state index in [0.717, 1.165) is 60.5 Å². The van der Waals surface area contributed by atoms with Crippen molar-refractivity contribution in [2.24, 2.45) is 5.92 Å². The van der Waals surface area contributed by atoms with Crippen LogP contribution in [0.2, 0.25) is 0 Å². The number of carbonyl (C=O) groups is 1. The summed E-state index contributed by atoms with van der Waals surface area (Å²) < 4.78 is 10.9. The summed E-state index contributed by atoms with van der Waals surface area (Å²) in [6, 6.07) is 6.31. The van der Waals surface area contributed by atoms with Gasteiger partial charge in [-0.3, -0.25) is 9.69 Å². The number of nitrogens with zero attached hydrogens (tertiary/aromatic N) is 3. The quantitative estimate of drug-likeness (QED) is 0.619. The normalized spacial score (nSPS) is 21.2. The number of benzene rings is 1. The van der Waals surface area contributed by atoms with Gasteiger partial charge in [0.25, 0.3) is 5.91 Å². The van der Waals surface area contributed by atoms with Gasteiger partial charge in [-0.1, -0.05) is 19.1 Å². The standard InChI is InChI=1S/C29H39N3O4/c1-20-6-8-26-21(2)16-24(31-12-10-23(11-13-31)30(3)14-15-33)19-32(26)29(34)18-25(20)22-7-9-27(35-4)28(17-22)36-5/h7-9,16-20,23,33H,6,10-15H2,1-5H3. The Hall–Kier alpha value is -3.03. The first kappa shape index (κ1) is 26.0. The van der Waals surface area contributed by atoms with Gasteiger partial charge in [0.2, 0.25) is 0 Å². The third-order valence-electron chi connectivity index (χ3n) is 7.62. The van der Waals surface area contributed by atoms with Gasteiger partial charge in [-0.25, -0.2) is 0 Å². The van der Waals surface area contributed by atoms with Crippen LogP contribution in [0.4, 0.5) is 0 Å². The SMILES string of the molecule is COc1ccc(C2=CC(=O)N3C=C(N4CCC(N(C)CCO)CC4)C=C(C)C3=CCC2C)cc1OC. The first-order valence-corrected chi connectivity index (χ1v) is 12.8. The highest BCUT2D eigenvalue weighted by molar-refractivity contribution is 5.98. The van der Waals surface area contributed by atoms with E-state index in [9.17, 15) is 9.90 Å². The Balaban J connectivity index is 1.58. The van der Waals surface area contributed by atoms with Crippen molar-refractivity contribution < 1.29 is 19.4 Å². The highest BCUT2D eigenvalue weighted by Gasteiger charge is 2.29. The van der Waals surface area contributed by atoms with Crippen LogP contribution in [0, 0.1) is 5.92 Å². The molecule has 0 aliphatic carbocycles. The van der Waals surface area contributed by atoms with Crippen molar-refractivity contribution in [1.82, 2.24) is 14.7 Å². The molecule has 0 radical (unpaired) electrons. The Bertz CT molecular complexity index is 1100. The predicted octanol–water partition coefficient (Wildman–Crippen LogP) is 4.03. The molecule has 1 saturated heterocycles. The summed E-state index contributed by atoms with van der Waals surface area (Å²) in [6.45, 7) is 7.00. The summed E-state index contributed by atoms with van der Waals surface area (Å²) in [5, 5.41) is 9.26. The average molecular weight is 494 g/mol. The van der Waals surface area contributed by atoms with Crippen LogP contribution >= 0.6 is 0 Å². The molecule has 1 N–H and O–H groups in total. The maximum Gasteiger partial charge on any atom is 0.255 e. The van der Waals surface area contributed by atoms with Gasteiger partial charge in [-0.05, 0) is 74.1 Å². The van der Waals surface area contributed by atoms with Gasteiger partial charge in [-0.15, -0.1) is 0 Å². The van der Waals surface area contributed by atoms with Crippen molar-refractivity contribution in [1.29, 1.82) is 0 Å². The minimum atomic E-state index is -0.0416. The number of amides is 1. The number of likely N-dealkylation sites (N-methyl/N-ethyl adjacent to an activating group) is 1. The number of hydrogen-bond acceptors (Lipinski definition) is 6. The molecule has 0 aromatic heterocycles. The van der Waals surface area contributed by atoms with E-state index in [1.807, 2.05) is 24.4 Å². The van der Waals surface area contributed by atoms with Crippen LogP contribution in [0.5, 0.6) is 11.5 Å². The Morgan fingerprint density at radius 2 is 1.83 bits per heavy atom. The fourth-order valence-corrected chi connectivity index (χ4v) is 5.39. The van der Waals surface area contributed by atoms with Crippen LogP contribution < -0.4 is 9.47 Å². The largest absolute Gasteiger partial charge is 0.493 e. The monoisotopic (exact) mass is 493 g/mol. The number of ether oxygens (including phenoxy) is 2. The first-order valence-electron chi connectivity index (χ1n) is 12.8. The van der Waals surface area contributed by atoms with Crippen molar-refractivity contribution in [2.75, 3.05) is 47.5 Å². The van der Waals surface area contributed by atoms with Crippen LogP contribution in [-0.4, -0.2) is 79.3 Å². The lowest BCUT2D eigenvalue weighted by Gasteiger charge is -2.40. The molecule has 7 nitrogen and oxygen atoms in total. The lowest BCUT2D eigenvalue weighted by molar-refractivity contribution is -0.122. The van der Waals surface area contributed by atoms with Gasteiger partial charge in [0.05, 0.1) is 26.5 Å². The fourth-order valence-electron chi connectivity index (χ4n) is 5.39. The number of piperidine rings is 1. The maximum atomic E-state index is 13.6.